The summed E-state index contributed by atoms with van der Waals surface area (Å²) in [6, 6.07) is 7.48. The molecule has 1 N–H and O–H groups in total. The van der Waals surface area contributed by atoms with Gasteiger partial charge in [-0.15, -0.1) is 0 Å². The van der Waals surface area contributed by atoms with Gasteiger partial charge in [-0.05, 0) is 43.4 Å². The van der Waals surface area contributed by atoms with Gasteiger partial charge in [-0.2, -0.15) is 0 Å². The van der Waals surface area contributed by atoms with E-state index in [4.69, 9.17) is 0 Å². The average molecular weight is 289 g/mol. The molecule has 1 atom stereocenters. The fourth-order valence-electron chi connectivity index (χ4n) is 3.22. The van der Waals surface area contributed by atoms with Crippen molar-refractivity contribution >= 4 is 11.9 Å². The predicted molar refractivity (Wildman–Crippen MR) is 81.4 cm³/mol. The van der Waals surface area contributed by atoms with Gasteiger partial charge in [0.1, 0.15) is 5.54 Å². The highest BCUT2D eigenvalue weighted by molar-refractivity contribution is 5.98. The van der Waals surface area contributed by atoms with Crippen molar-refractivity contribution in [1.82, 2.24) is 4.90 Å². The van der Waals surface area contributed by atoms with E-state index < -0.39 is 11.5 Å². The topological polar surface area (TPSA) is 57.6 Å². The van der Waals surface area contributed by atoms with Crippen LogP contribution in [0.4, 0.5) is 0 Å². The first kappa shape index (κ1) is 15.5. The van der Waals surface area contributed by atoms with Crippen LogP contribution in [0.25, 0.3) is 0 Å². The van der Waals surface area contributed by atoms with E-state index in [0.29, 0.717) is 24.9 Å². The number of carbonyl (C=O) groups is 2. The molecule has 1 saturated heterocycles. The number of rotatable bonds is 5. The number of carbonyl (C=O) groups excluding carboxylic acids is 1. The van der Waals surface area contributed by atoms with Crippen LogP contribution >= 0.6 is 0 Å². The van der Waals surface area contributed by atoms with Crippen LogP contribution in [0, 0.1) is 0 Å². The zero-order valence-corrected chi connectivity index (χ0v) is 12.8. The Morgan fingerprint density at radius 2 is 1.90 bits per heavy atom. The van der Waals surface area contributed by atoms with Crippen molar-refractivity contribution in [1.29, 1.82) is 0 Å². The van der Waals surface area contributed by atoms with Crippen LogP contribution in [0.1, 0.15) is 55.5 Å². The zero-order valence-electron chi connectivity index (χ0n) is 12.8. The first-order valence-electron chi connectivity index (χ1n) is 7.69. The summed E-state index contributed by atoms with van der Waals surface area (Å²) in [6.45, 7) is 4.55. The number of amides is 1. The van der Waals surface area contributed by atoms with Gasteiger partial charge in [-0.1, -0.05) is 32.4 Å². The Hall–Kier alpha value is -1.84. The van der Waals surface area contributed by atoms with Crippen molar-refractivity contribution < 1.29 is 14.7 Å². The maximum absolute atomic E-state index is 12.7. The third kappa shape index (κ3) is 2.80. The molecule has 1 aliphatic rings. The molecular weight excluding hydrogens is 266 g/mol. The molecule has 0 spiro atoms. The second-order valence-electron chi connectivity index (χ2n) is 5.70. The molecule has 1 unspecified atom stereocenters. The molecule has 1 amide bonds. The number of carboxylic acid groups (broad SMARTS) is 1. The molecule has 1 heterocycles. The van der Waals surface area contributed by atoms with Crippen LogP contribution in [-0.4, -0.2) is 34.0 Å². The normalized spacial score (nSPS) is 21.5. The van der Waals surface area contributed by atoms with E-state index in [1.807, 2.05) is 19.1 Å². The molecule has 2 rings (SSSR count). The van der Waals surface area contributed by atoms with Crippen molar-refractivity contribution in [2.24, 2.45) is 0 Å². The zero-order chi connectivity index (χ0) is 15.5. The summed E-state index contributed by atoms with van der Waals surface area (Å²) >= 11 is 0. The minimum atomic E-state index is -1.02. The van der Waals surface area contributed by atoms with Crippen LogP contribution in [0.15, 0.2) is 24.3 Å². The fraction of sp³-hybridized carbons (Fsp3) is 0.529. The van der Waals surface area contributed by atoms with Crippen molar-refractivity contribution in [3.05, 3.63) is 35.4 Å². The van der Waals surface area contributed by atoms with Gasteiger partial charge in [-0.25, -0.2) is 4.79 Å². The van der Waals surface area contributed by atoms with Crippen molar-refractivity contribution in [2.75, 3.05) is 6.54 Å². The summed E-state index contributed by atoms with van der Waals surface area (Å²) < 4.78 is 0. The van der Waals surface area contributed by atoms with E-state index in [1.54, 1.807) is 17.0 Å². The van der Waals surface area contributed by atoms with Crippen LogP contribution in [-0.2, 0) is 11.2 Å². The maximum atomic E-state index is 12.7. The molecule has 1 aliphatic heterocycles. The molecular formula is C17H23NO3. The number of aryl methyl sites for hydroxylation is 1. The molecule has 0 saturated carbocycles. The Labute approximate surface area is 125 Å². The molecule has 4 heteroatoms. The Morgan fingerprint density at radius 1 is 1.24 bits per heavy atom. The number of nitrogens with zero attached hydrogens (tertiary/aromatic N) is 1. The van der Waals surface area contributed by atoms with Gasteiger partial charge in [0.15, 0.2) is 0 Å². The second-order valence-corrected chi connectivity index (χ2v) is 5.70. The van der Waals surface area contributed by atoms with Crippen LogP contribution in [0.2, 0.25) is 0 Å². The lowest BCUT2D eigenvalue weighted by atomic mass is 9.90. The van der Waals surface area contributed by atoms with Gasteiger partial charge in [0.2, 0.25) is 0 Å². The lowest BCUT2D eigenvalue weighted by Gasteiger charge is -2.34. The highest BCUT2D eigenvalue weighted by Gasteiger charge is 2.49. The van der Waals surface area contributed by atoms with Crippen LogP contribution in [0.5, 0.6) is 0 Å². The third-order valence-electron chi connectivity index (χ3n) is 4.40. The standard InChI is InChI=1S/C17H23NO3/c1-3-10-17(16(20)21)11-5-12-18(17)15(19)14-8-6-13(4-2)7-9-14/h6-9H,3-5,10-12H2,1-2H3,(H,20,21). The van der Waals surface area contributed by atoms with E-state index >= 15 is 0 Å². The van der Waals surface area contributed by atoms with Gasteiger partial charge in [-0.3, -0.25) is 4.79 Å². The van der Waals surface area contributed by atoms with E-state index in [1.165, 1.54) is 5.56 Å². The SMILES string of the molecule is CCCC1(C(=O)O)CCCN1C(=O)c1ccc(CC)cc1. The van der Waals surface area contributed by atoms with Crippen LogP contribution in [0.3, 0.4) is 0 Å². The molecule has 0 radical (unpaired) electrons. The summed E-state index contributed by atoms with van der Waals surface area (Å²) in [5.74, 6) is -1.04. The number of hydrogen-bond donors (Lipinski definition) is 1. The Bertz CT molecular complexity index is 523. The van der Waals surface area contributed by atoms with Crippen molar-refractivity contribution in [2.45, 2.75) is 51.5 Å². The minimum absolute atomic E-state index is 0.161. The largest absolute Gasteiger partial charge is 0.479 e. The maximum Gasteiger partial charge on any atom is 0.329 e. The smallest absolute Gasteiger partial charge is 0.329 e. The van der Waals surface area contributed by atoms with Gasteiger partial charge >= 0.3 is 5.97 Å². The lowest BCUT2D eigenvalue weighted by molar-refractivity contribution is -0.148. The Kier molecular flexibility index (Phi) is 4.66. The fourth-order valence-corrected chi connectivity index (χ4v) is 3.22. The summed E-state index contributed by atoms with van der Waals surface area (Å²) in [5, 5.41) is 9.65. The summed E-state index contributed by atoms with van der Waals surface area (Å²) in [7, 11) is 0. The molecule has 4 nitrogen and oxygen atoms in total. The monoisotopic (exact) mass is 289 g/mol. The minimum Gasteiger partial charge on any atom is -0.479 e. The third-order valence-corrected chi connectivity index (χ3v) is 4.40. The van der Waals surface area contributed by atoms with Gasteiger partial charge in [0.25, 0.3) is 5.91 Å². The number of aliphatic carboxylic acids is 1. The quantitative estimate of drug-likeness (QED) is 0.906. The summed E-state index contributed by atoms with van der Waals surface area (Å²) in [6.07, 6.45) is 3.50. The number of benzene rings is 1. The van der Waals surface area contributed by atoms with Gasteiger partial charge in [0, 0.05) is 12.1 Å². The highest BCUT2D eigenvalue weighted by Crippen LogP contribution is 2.35. The van der Waals surface area contributed by atoms with Crippen molar-refractivity contribution in [3.63, 3.8) is 0 Å². The van der Waals surface area contributed by atoms with Crippen molar-refractivity contribution in [3.8, 4) is 0 Å². The second kappa shape index (κ2) is 6.29. The van der Waals surface area contributed by atoms with E-state index in [0.717, 1.165) is 19.3 Å². The summed E-state index contributed by atoms with van der Waals surface area (Å²) in [5.41, 5.74) is 0.733. The van der Waals surface area contributed by atoms with Crippen LogP contribution < -0.4 is 0 Å². The van der Waals surface area contributed by atoms with E-state index in [-0.39, 0.29) is 5.91 Å². The molecule has 0 aliphatic carbocycles. The number of likely N-dealkylation sites (tertiary alicyclic amines) is 1. The Balaban J connectivity index is 2.29. The predicted octanol–water partition coefficient (Wildman–Crippen LogP) is 3.11. The molecule has 0 bridgehead atoms. The average Bonchev–Trinajstić information content (AvgIpc) is 2.92. The first-order valence-corrected chi connectivity index (χ1v) is 7.69. The van der Waals surface area contributed by atoms with E-state index in [9.17, 15) is 14.7 Å². The van der Waals surface area contributed by atoms with Gasteiger partial charge < -0.3 is 10.0 Å². The molecule has 114 valence electrons. The highest BCUT2D eigenvalue weighted by atomic mass is 16.4. The molecule has 1 fully saturated rings. The molecule has 0 aromatic heterocycles. The van der Waals surface area contributed by atoms with E-state index in [2.05, 4.69) is 6.92 Å². The Morgan fingerprint density at radius 3 is 2.43 bits per heavy atom. The summed E-state index contributed by atoms with van der Waals surface area (Å²) in [4.78, 5) is 26.0. The lowest BCUT2D eigenvalue weighted by Crippen LogP contribution is -2.53. The molecule has 1 aromatic carbocycles. The molecule has 1 aromatic rings. The van der Waals surface area contributed by atoms with Gasteiger partial charge in [0.05, 0.1) is 0 Å². The number of hydrogen-bond acceptors (Lipinski definition) is 2. The molecule has 21 heavy (non-hydrogen) atoms. The first-order chi connectivity index (χ1) is 10.0. The number of carboxylic acids is 1.